The van der Waals surface area contributed by atoms with Crippen molar-refractivity contribution in [2.24, 2.45) is 5.92 Å². The summed E-state index contributed by atoms with van der Waals surface area (Å²) in [6, 6.07) is 5.95. The lowest BCUT2D eigenvalue weighted by Gasteiger charge is -2.03. The lowest BCUT2D eigenvalue weighted by molar-refractivity contribution is -0.154. The topological polar surface area (TPSA) is 43.4 Å². The molecule has 3 nitrogen and oxygen atoms in total. The molecular formula is C11H9BrO3. The first-order chi connectivity index (χ1) is 7.20. The van der Waals surface area contributed by atoms with Crippen molar-refractivity contribution < 1.29 is 14.3 Å². The Morgan fingerprint density at radius 1 is 1.40 bits per heavy atom. The Bertz CT molecular complexity index is 414. The van der Waals surface area contributed by atoms with Crippen LogP contribution in [0.4, 0.5) is 0 Å². The second kappa shape index (κ2) is 4.14. The van der Waals surface area contributed by atoms with Gasteiger partial charge in [0, 0.05) is 4.47 Å². The number of hydrogen-bond donors (Lipinski definition) is 0. The van der Waals surface area contributed by atoms with Gasteiger partial charge in [0.1, 0.15) is 0 Å². The fourth-order valence-corrected chi connectivity index (χ4v) is 2.31. The van der Waals surface area contributed by atoms with Gasteiger partial charge in [-0.05, 0) is 36.1 Å². The zero-order valence-corrected chi connectivity index (χ0v) is 9.49. The molecule has 0 spiro atoms. The van der Waals surface area contributed by atoms with E-state index < -0.39 is 5.97 Å². The van der Waals surface area contributed by atoms with E-state index in [0.29, 0.717) is 12.8 Å². The molecular weight excluding hydrogens is 260 g/mol. The number of fused-ring (bicyclic) bond motifs is 1. The number of hydrogen-bond acceptors (Lipinski definition) is 3. The van der Waals surface area contributed by atoms with Gasteiger partial charge in [-0.3, -0.25) is 9.59 Å². The van der Waals surface area contributed by atoms with Crippen LogP contribution in [0.5, 0.6) is 0 Å². The third-order valence-electron chi connectivity index (χ3n) is 2.60. The quantitative estimate of drug-likeness (QED) is 0.467. The summed E-state index contributed by atoms with van der Waals surface area (Å²) in [4.78, 5) is 21.4. The van der Waals surface area contributed by atoms with Gasteiger partial charge in [-0.25, -0.2) is 0 Å². The first-order valence-electron chi connectivity index (χ1n) is 4.62. The highest BCUT2D eigenvalue weighted by Gasteiger charge is 2.28. The number of rotatable bonds is 2. The molecule has 1 aliphatic rings. The van der Waals surface area contributed by atoms with Crippen molar-refractivity contribution in [1.29, 1.82) is 0 Å². The minimum atomic E-state index is -0.433. The molecule has 0 fully saturated rings. The summed E-state index contributed by atoms with van der Waals surface area (Å²) in [5.74, 6) is -0.642. The molecule has 0 radical (unpaired) electrons. The van der Waals surface area contributed by atoms with E-state index >= 15 is 0 Å². The minimum absolute atomic E-state index is 0.196. The van der Waals surface area contributed by atoms with E-state index in [9.17, 15) is 9.59 Å². The summed E-state index contributed by atoms with van der Waals surface area (Å²) < 4.78 is 5.36. The molecule has 4 heteroatoms. The molecule has 15 heavy (non-hydrogen) atoms. The molecule has 1 aromatic rings. The smallest absolute Gasteiger partial charge is 0.317 e. The molecule has 0 aliphatic heterocycles. The van der Waals surface area contributed by atoms with E-state index in [-0.39, 0.29) is 12.4 Å². The van der Waals surface area contributed by atoms with Crippen molar-refractivity contribution >= 4 is 28.4 Å². The first-order valence-corrected chi connectivity index (χ1v) is 5.41. The molecule has 1 aliphatic carbocycles. The summed E-state index contributed by atoms with van der Waals surface area (Å²) >= 11 is 3.38. The molecule has 1 aromatic carbocycles. The van der Waals surface area contributed by atoms with E-state index in [4.69, 9.17) is 0 Å². The van der Waals surface area contributed by atoms with Gasteiger partial charge in [-0.2, -0.15) is 0 Å². The van der Waals surface area contributed by atoms with Crippen LogP contribution < -0.4 is 0 Å². The van der Waals surface area contributed by atoms with Gasteiger partial charge in [0.2, 0.25) is 0 Å². The minimum Gasteiger partial charge on any atom is -0.395 e. The number of benzene rings is 1. The van der Waals surface area contributed by atoms with Crippen LogP contribution in [-0.2, 0) is 27.2 Å². The summed E-state index contributed by atoms with van der Waals surface area (Å²) in [7, 11) is 0. The highest BCUT2D eigenvalue weighted by atomic mass is 79.9. The third-order valence-corrected chi connectivity index (χ3v) is 3.09. The lowest BCUT2D eigenvalue weighted by Crippen LogP contribution is -2.17. The normalized spacial score (nSPS) is 18.3. The van der Waals surface area contributed by atoms with Crippen molar-refractivity contribution in [2.45, 2.75) is 12.8 Å². The molecule has 2 rings (SSSR count). The molecule has 0 bridgehead atoms. The Labute approximate surface area is 95.6 Å². The van der Waals surface area contributed by atoms with Gasteiger partial charge in [-0.1, -0.05) is 22.0 Å². The molecule has 78 valence electrons. The van der Waals surface area contributed by atoms with Crippen LogP contribution in [0.25, 0.3) is 0 Å². The number of carbonyl (C=O) groups excluding carboxylic acids is 2. The lowest BCUT2D eigenvalue weighted by atomic mass is 10.1. The van der Waals surface area contributed by atoms with Crippen molar-refractivity contribution in [3.8, 4) is 0 Å². The molecule has 0 saturated carbocycles. The number of carbonyl (C=O) groups is 2. The van der Waals surface area contributed by atoms with Gasteiger partial charge in [-0.15, -0.1) is 0 Å². The SMILES string of the molecule is O=COC(=O)C1Cc2ccc(Br)cc2C1. The van der Waals surface area contributed by atoms with Crippen LogP contribution in [0.1, 0.15) is 11.1 Å². The molecule has 0 amide bonds. The molecule has 0 saturated heterocycles. The third kappa shape index (κ3) is 2.09. The Kier molecular flexibility index (Phi) is 2.86. The molecule has 1 atom stereocenters. The van der Waals surface area contributed by atoms with Crippen molar-refractivity contribution in [2.75, 3.05) is 0 Å². The van der Waals surface area contributed by atoms with Crippen molar-refractivity contribution in [1.82, 2.24) is 0 Å². The number of esters is 1. The maximum atomic E-state index is 11.3. The number of ether oxygens (including phenoxy) is 1. The van der Waals surface area contributed by atoms with Crippen LogP contribution in [0.15, 0.2) is 22.7 Å². The predicted molar refractivity (Wildman–Crippen MR) is 57.2 cm³/mol. The molecule has 0 aromatic heterocycles. The maximum absolute atomic E-state index is 11.3. The van der Waals surface area contributed by atoms with E-state index in [2.05, 4.69) is 20.7 Å². The fourth-order valence-electron chi connectivity index (χ4n) is 1.90. The van der Waals surface area contributed by atoms with E-state index in [1.165, 1.54) is 0 Å². The van der Waals surface area contributed by atoms with Crippen LogP contribution in [-0.4, -0.2) is 12.4 Å². The van der Waals surface area contributed by atoms with Crippen LogP contribution in [0.3, 0.4) is 0 Å². The Morgan fingerprint density at radius 3 is 2.87 bits per heavy atom. The van der Waals surface area contributed by atoms with Gasteiger partial charge in [0.05, 0.1) is 5.92 Å². The Morgan fingerprint density at radius 2 is 2.13 bits per heavy atom. The zero-order valence-electron chi connectivity index (χ0n) is 7.90. The highest BCUT2D eigenvalue weighted by molar-refractivity contribution is 9.10. The van der Waals surface area contributed by atoms with E-state index in [1.807, 2.05) is 18.2 Å². The molecule has 1 unspecified atom stereocenters. The highest BCUT2D eigenvalue weighted by Crippen LogP contribution is 2.29. The Hall–Kier alpha value is -1.16. The Balaban J connectivity index is 2.15. The second-order valence-electron chi connectivity index (χ2n) is 3.55. The predicted octanol–water partition coefficient (Wildman–Crippen LogP) is 1.86. The second-order valence-corrected chi connectivity index (χ2v) is 4.47. The van der Waals surface area contributed by atoms with E-state index in [0.717, 1.165) is 15.6 Å². The van der Waals surface area contributed by atoms with Gasteiger partial charge in [0.25, 0.3) is 0 Å². The van der Waals surface area contributed by atoms with Crippen LogP contribution in [0, 0.1) is 5.92 Å². The van der Waals surface area contributed by atoms with Gasteiger partial charge >= 0.3 is 12.4 Å². The average Bonchev–Trinajstić information content (AvgIpc) is 2.60. The monoisotopic (exact) mass is 268 g/mol. The largest absolute Gasteiger partial charge is 0.395 e. The van der Waals surface area contributed by atoms with Gasteiger partial charge in [0.15, 0.2) is 0 Å². The molecule has 0 heterocycles. The van der Waals surface area contributed by atoms with Crippen molar-refractivity contribution in [3.63, 3.8) is 0 Å². The van der Waals surface area contributed by atoms with Crippen LogP contribution in [0.2, 0.25) is 0 Å². The summed E-state index contributed by atoms with van der Waals surface area (Å²) in [6.45, 7) is 0.196. The summed E-state index contributed by atoms with van der Waals surface area (Å²) in [5, 5.41) is 0. The van der Waals surface area contributed by atoms with Gasteiger partial charge < -0.3 is 4.74 Å². The zero-order chi connectivity index (χ0) is 10.8. The van der Waals surface area contributed by atoms with Crippen LogP contribution >= 0.6 is 15.9 Å². The van der Waals surface area contributed by atoms with Crippen molar-refractivity contribution in [3.05, 3.63) is 33.8 Å². The molecule has 0 N–H and O–H groups in total. The standard InChI is InChI=1S/C11H9BrO3/c12-10-2-1-7-3-9(4-8(7)5-10)11(14)15-6-13/h1-2,5-6,9H,3-4H2. The summed E-state index contributed by atoms with van der Waals surface area (Å²) in [5.41, 5.74) is 2.31. The summed E-state index contributed by atoms with van der Waals surface area (Å²) in [6.07, 6.45) is 1.32. The average molecular weight is 269 g/mol. The number of halogens is 1. The first kappa shape index (κ1) is 10.4. The van der Waals surface area contributed by atoms with E-state index in [1.54, 1.807) is 0 Å². The maximum Gasteiger partial charge on any atom is 0.317 e. The fraction of sp³-hybridized carbons (Fsp3) is 0.273.